The lowest BCUT2D eigenvalue weighted by Gasteiger charge is -2.61. The summed E-state index contributed by atoms with van der Waals surface area (Å²) in [6.07, 6.45) is 9.96. The lowest BCUT2D eigenvalue weighted by atomic mass is 9.51. The summed E-state index contributed by atoms with van der Waals surface area (Å²) in [4.78, 5) is 29.3. The van der Waals surface area contributed by atoms with Crippen molar-refractivity contribution < 1.29 is 19.1 Å². The largest absolute Gasteiger partial charge is 0.497 e. The number of nitrogens with two attached hydrogens (primary N) is 1. The summed E-state index contributed by atoms with van der Waals surface area (Å²) in [5.74, 6) is 4.74. The molecule has 0 spiro atoms. The number of methoxy groups -OCH3 is 1. The molecule has 2 unspecified atom stereocenters. The number of hydrogen-bond acceptors (Lipinski definition) is 6. The maximum atomic E-state index is 14.1. The minimum atomic E-state index is -1.75. The third-order valence-corrected chi connectivity index (χ3v) is 12.3. The fourth-order valence-electron chi connectivity index (χ4n) is 9.53. The predicted molar refractivity (Wildman–Crippen MR) is 199 cm³/mol. The van der Waals surface area contributed by atoms with Gasteiger partial charge in [-0.2, -0.15) is 0 Å². The zero-order chi connectivity index (χ0) is 35.1. The molecule has 49 heavy (non-hydrogen) atoms. The van der Waals surface area contributed by atoms with E-state index in [4.69, 9.17) is 15.2 Å². The van der Waals surface area contributed by atoms with Gasteiger partial charge in [0.25, 0.3) is 5.91 Å². The summed E-state index contributed by atoms with van der Waals surface area (Å²) < 4.78 is 12.0. The van der Waals surface area contributed by atoms with Gasteiger partial charge in [-0.15, -0.1) is 5.54 Å². The third kappa shape index (κ3) is 7.59. The second-order valence-corrected chi connectivity index (χ2v) is 21.8. The Bertz CT molecular complexity index is 1590. The molecule has 5 atom stereocenters. The van der Waals surface area contributed by atoms with Gasteiger partial charge in [0.1, 0.15) is 25.5 Å². The Balaban J connectivity index is 1.30. The van der Waals surface area contributed by atoms with Crippen LogP contribution in [0.1, 0.15) is 101 Å². The first kappa shape index (κ1) is 35.5. The summed E-state index contributed by atoms with van der Waals surface area (Å²) in [7, 11) is -0.0423. The highest BCUT2D eigenvalue weighted by Gasteiger charge is 2.60. The molecular formula is C41H57N3O4Si. The van der Waals surface area contributed by atoms with E-state index in [1.165, 1.54) is 12.0 Å². The van der Waals surface area contributed by atoms with Crippen molar-refractivity contribution >= 4 is 25.6 Å². The number of carbonyl (C=O) groups is 2. The van der Waals surface area contributed by atoms with Gasteiger partial charge >= 0.3 is 5.97 Å². The molecule has 0 saturated heterocycles. The molecule has 1 heterocycles. The maximum absolute atomic E-state index is 14.1. The average Bonchev–Trinajstić information content (AvgIpc) is 3.03. The van der Waals surface area contributed by atoms with Crippen molar-refractivity contribution in [2.24, 2.45) is 23.5 Å². The van der Waals surface area contributed by atoms with Crippen LogP contribution >= 0.6 is 0 Å². The number of amides is 1. The number of benzene rings is 2. The van der Waals surface area contributed by atoms with Crippen LogP contribution in [0.25, 0.3) is 0 Å². The van der Waals surface area contributed by atoms with Crippen molar-refractivity contribution in [2.75, 3.05) is 12.4 Å². The second kappa shape index (κ2) is 13.8. The van der Waals surface area contributed by atoms with Gasteiger partial charge in [-0.05, 0) is 110 Å². The first-order valence-corrected chi connectivity index (χ1v) is 22.1. The van der Waals surface area contributed by atoms with Gasteiger partial charge in [0.15, 0.2) is 0 Å². The first-order valence-electron chi connectivity index (χ1n) is 18.6. The molecule has 1 aliphatic heterocycles. The van der Waals surface area contributed by atoms with Gasteiger partial charge in [0, 0.05) is 23.7 Å². The summed E-state index contributed by atoms with van der Waals surface area (Å²) in [6, 6.07) is 14.2. The predicted octanol–water partition coefficient (Wildman–Crippen LogP) is 7.64. The van der Waals surface area contributed by atoms with E-state index < -0.39 is 19.7 Å². The number of unbranched alkanes of at least 4 members (excludes halogenated alkanes) is 1. The van der Waals surface area contributed by atoms with E-state index in [0.29, 0.717) is 11.8 Å². The molecule has 4 bridgehead atoms. The van der Waals surface area contributed by atoms with Gasteiger partial charge in [0.05, 0.1) is 13.2 Å². The van der Waals surface area contributed by atoms with Crippen LogP contribution in [-0.4, -0.2) is 55.2 Å². The number of ether oxygens (including phenoxy) is 2. The van der Waals surface area contributed by atoms with Crippen molar-refractivity contribution in [1.82, 2.24) is 4.90 Å². The van der Waals surface area contributed by atoms with Gasteiger partial charge in [-0.3, -0.25) is 9.59 Å². The van der Waals surface area contributed by atoms with Crippen molar-refractivity contribution in [3.63, 3.8) is 0 Å². The van der Waals surface area contributed by atoms with Crippen LogP contribution < -0.4 is 15.8 Å². The molecule has 4 aliphatic carbocycles. The van der Waals surface area contributed by atoms with Gasteiger partial charge in [-0.1, -0.05) is 71.5 Å². The van der Waals surface area contributed by atoms with E-state index in [1.807, 2.05) is 19.9 Å². The lowest BCUT2D eigenvalue weighted by molar-refractivity contribution is -0.189. The van der Waals surface area contributed by atoms with Crippen LogP contribution in [0, 0.1) is 29.2 Å². The minimum Gasteiger partial charge on any atom is -0.497 e. The number of esters is 1. The molecule has 0 radical (unpaired) electrons. The van der Waals surface area contributed by atoms with E-state index in [-0.39, 0.29) is 35.4 Å². The Labute approximate surface area is 295 Å². The Morgan fingerprint density at radius 1 is 1.06 bits per heavy atom. The van der Waals surface area contributed by atoms with Gasteiger partial charge < -0.3 is 25.4 Å². The van der Waals surface area contributed by atoms with Gasteiger partial charge in [0.2, 0.25) is 0 Å². The molecule has 7 nitrogen and oxygen atoms in total. The Morgan fingerprint density at radius 2 is 1.76 bits per heavy atom. The minimum absolute atomic E-state index is 0.0469. The van der Waals surface area contributed by atoms with E-state index in [9.17, 15) is 9.59 Å². The van der Waals surface area contributed by atoms with Crippen LogP contribution in [0.2, 0.25) is 19.6 Å². The summed E-state index contributed by atoms with van der Waals surface area (Å²) >= 11 is 0. The van der Waals surface area contributed by atoms with Gasteiger partial charge in [-0.25, -0.2) is 0 Å². The summed E-state index contributed by atoms with van der Waals surface area (Å²) in [5, 5.41) is 3.97. The number of nitrogens with one attached hydrogen (secondary N) is 1. The molecule has 7 rings (SSSR count). The zero-order valence-corrected chi connectivity index (χ0v) is 31.7. The topological polar surface area (TPSA) is 93.9 Å². The van der Waals surface area contributed by atoms with Crippen LogP contribution in [0.4, 0.5) is 5.69 Å². The van der Waals surface area contributed by atoms with Crippen molar-refractivity contribution in [3.8, 4) is 17.2 Å². The number of anilines is 1. The SMILES string of the molecule is CCCC[C@H]1Cc2cc(OC)ccc2[C@H](c2ccc(NC34CC5CC(C3)CC(OC(=O)[C@@H](N)C(C)C)(C5)C4)cc2)N1C(=O)C#C[Si](C)(C)C. The molecule has 4 saturated carbocycles. The second-order valence-electron chi connectivity index (χ2n) is 17.0. The fraction of sp³-hybridized carbons (Fsp3) is 0.610. The van der Waals surface area contributed by atoms with E-state index >= 15 is 0 Å². The molecule has 2 aromatic carbocycles. The molecule has 264 valence electrons. The number of hydrogen-bond donors (Lipinski definition) is 2. The van der Waals surface area contributed by atoms with Crippen molar-refractivity contribution in [2.45, 2.75) is 134 Å². The fourth-order valence-corrected chi connectivity index (χ4v) is 10.0. The highest BCUT2D eigenvalue weighted by Crippen LogP contribution is 2.60. The van der Waals surface area contributed by atoms with E-state index in [0.717, 1.165) is 80.4 Å². The van der Waals surface area contributed by atoms with Crippen LogP contribution in [0.5, 0.6) is 5.75 Å². The first-order chi connectivity index (χ1) is 23.2. The maximum Gasteiger partial charge on any atom is 0.323 e. The molecule has 8 heteroatoms. The quantitative estimate of drug-likeness (QED) is 0.152. The normalized spacial score (nSPS) is 29.1. The van der Waals surface area contributed by atoms with E-state index in [1.54, 1.807) is 7.11 Å². The van der Waals surface area contributed by atoms with Crippen LogP contribution in [0.3, 0.4) is 0 Å². The number of nitrogens with zero attached hydrogens (tertiary/aromatic N) is 1. The lowest BCUT2D eigenvalue weighted by Crippen LogP contribution is -2.63. The third-order valence-electron chi connectivity index (χ3n) is 11.4. The van der Waals surface area contributed by atoms with Crippen LogP contribution in [-0.2, 0) is 20.7 Å². The molecule has 2 aromatic rings. The summed E-state index contributed by atoms with van der Waals surface area (Å²) in [5.41, 5.74) is 13.6. The Morgan fingerprint density at radius 3 is 2.37 bits per heavy atom. The van der Waals surface area contributed by atoms with Crippen LogP contribution in [0.15, 0.2) is 42.5 Å². The average molecular weight is 684 g/mol. The highest BCUT2D eigenvalue weighted by atomic mass is 28.3. The van der Waals surface area contributed by atoms with Crippen molar-refractivity contribution in [3.05, 3.63) is 59.2 Å². The molecule has 4 fully saturated rings. The highest BCUT2D eigenvalue weighted by molar-refractivity contribution is 6.84. The molecule has 0 aromatic heterocycles. The summed E-state index contributed by atoms with van der Waals surface area (Å²) in [6.45, 7) is 12.7. The Hall–Kier alpha value is -3.28. The Kier molecular flexibility index (Phi) is 10.0. The van der Waals surface area contributed by atoms with Crippen molar-refractivity contribution in [1.29, 1.82) is 0 Å². The molecular weight excluding hydrogens is 627 g/mol. The monoisotopic (exact) mass is 683 g/mol. The number of fused-ring (bicyclic) bond motifs is 1. The standard InChI is InChI=1S/C41H57N3O4Si/c1-8-9-10-33-20-31-21-34(47-4)15-16-35(31)38(44(33)36(45)17-18-49(5,6)7)30-11-13-32(14-12-30)43-40-22-28-19-29(23-40)25-41(24-28,26-40)48-39(46)37(42)27(2)3/h11-16,21,27-29,33,37-38,43H,8-10,19-20,22-26,42H2,1-7H3/t28?,29?,33-,37-,38-,40?,41?/m0/s1. The molecule has 3 N–H and O–H groups in total. The molecule has 1 amide bonds. The smallest absolute Gasteiger partial charge is 0.323 e. The number of carbonyl (C=O) groups excluding carboxylic acids is 2. The molecule has 5 aliphatic rings. The van der Waals surface area contributed by atoms with E-state index in [2.05, 4.69) is 84.6 Å². The zero-order valence-electron chi connectivity index (χ0n) is 30.7. The number of rotatable bonds is 10.